The van der Waals surface area contributed by atoms with Crippen LogP contribution in [0.1, 0.15) is 54.1 Å². The summed E-state index contributed by atoms with van der Waals surface area (Å²) >= 11 is 0. The number of benzene rings is 2. The first kappa shape index (κ1) is 24.8. The van der Waals surface area contributed by atoms with E-state index in [-0.39, 0.29) is 41.3 Å². The van der Waals surface area contributed by atoms with Gasteiger partial charge in [-0.05, 0) is 67.5 Å². The van der Waals surface area contributed by atoms with Crippen LogP contribution in [0.3, 0.4) is 0 Å². The van der Waals surface area contributed by atoms with Gasteiger partial charge < -0.3 is 15.0 Å². The molecular formula is C26H26F4N2O3. The van der Waals surface area contributed by atoms with Gasteiger partial charge in [0, 0.05) is 24.2 Å². The number of carbonyl (C=O) groups excluding carboxylic acids is 1. The molecule has 1 aromatic heterocycles. The molecule has 1 aliphatic carbocycles. The van der Waals surface area contributed by atoms with E-state index in [1.165, 1.54) is 24.3 Å². The molecule has 2 N–H and O–H groups in total. The van der Waals surface area contributed by atoms with Gasteiger partial charge >= 0.3 is 12.1 Å². The van der Waals surface area contributed by atoms with Crippen molar-refractivity contribution in [2.75, 3.05) is 0 Å². The molecule has 1 amide bonds. The fourth-order valence-electron chi connectivity index (χ4n) is 4.75. The molecule has 1 fully saturated rings. The van der Waals surface area contributed by atoms with Gasteiger partial charge in [-0.1, -0.05) is 19.1 Å². The summed E-state index contributed by atoms with van der Waals surface area (Å²) in [6.45, 7) is 2.01. The fourth-order valence-corrected chi connectivity index (χ4v) is 4.75. The van der Waals surface area contributed by atoms with Gasteiger partial charge in [-0.3, -0.25) is 9.59 Å². The van der Waals surface area contributed by atoms with Crippen LogP contribution in [-0.2, 0) is 17.5 Å². The van der Waals surface area contributed by atoms with Gasteiger partial charge in [-0.25, -0.2) is 4.39 Å². The molecule has 1 saturated carbocycles. The molecule has 4 rings (SSSR count). The second kappa shape index (κ2) is 9.71. The number of aromatic nitrogens is 1. The highest BCUT2D eigenvalue weighted by Gasteiger charge is 2.34. The van der Waals surface area contributed by atoms with Crippen LogP contribution in [0.15, 0.2) is 48.7 Å². The molecule has 3 aromatic rings. The summed E-state index contributed by atoms with van der Waals surface area (Å²) in [6.07, 6.45) is -0.308. The number of nitrogens with one attached hydrogen (secondary N) is 1. The number of alkyl halides is 3. The van der Waals surface area contributed by atoms with Gasteiger partial charge in [0.15, 0.2) is 0 Å². The lowest BCUT2D eigenvalue weighted by Crippen LogP contribution is -2.45. The van der Waals surface area contributed by atoms with E-state index in [4.69, 9.17) is 0 Å². The maximum absolute atomic E-state index is 14.5. The van der Waals surface area contributed by atoms with Crippen LogP contribution in [0.5, 0.6) is 0 Å². The van der Waals surface area contributed by atoms with Gasteiger partial charge in [-0.15, -0.1) is 0 Å². The Morgan fingerprint density at radius 2 is 1.80 bits per heavy atom. The number of halogens is 4. The number of carboxylic acids is 1. The predicted octanol–water partition coefficient (Wildman–Crippen LogP) is 5.86. The summed E-state index contributed by atoms with van der Waals surface area (Å²) in [7, 11) is 0. The lowest BCUT2D eigenvalue weighted by atomic mass is 9.74. The summed E-state index contributed by atoms with van der Waals surface area (Å²) in [4.78, 5) is 24.3. The third-order valence-corrected chi connectivity index (χ3v) is 6.78. The molecule has 0 saturated heterocycles. The standard InChI is InChI=1S/C26H26F4N2O3/c1-2-17(25(34)35)11-16-12-19(13-16)31-24(33)21-7-8-22(27)20-9-10-32(23(20)21)14-15-3-5-18(6-4-15)26(28,29)30/h3-10,16-17,19H,2,11-14H2,1H3,(H,31,33)(H,34,35). The van der Waals surface area contributed by atoms with Crippen molar-refractivity contribution in [1.82, 2.24) is 9.88 Å². The maximum atomic E-state index is 14.5. The predicted molar refractivity (Wildman–Crippen MR) is 122 cm³/mol. The molecule has 1 aliphatic rings. The average Bonchev–Trinajstić information content (AvgIpc) is 3.19. The third kappa shape index (κ3) is 5.33. The first-order chi connectivity index (χ1) is 16.6. The summed E-state index contributed by atoms with van der Waals surface area (Å²) < 4.78 is 54.7. The minimum Gasteiger partial charge on any atom is -0.481 e. The van der Waals surface area contributed by atoms with Crippen LogP contribution < -0.4 is 5.32 Å². The summed E-state index contributed by atoms with van der Waals surface area (Å²) in [5.74, 6) is -1.82. The van der Waals surface area contributed by atoms with Gasteiger partial charge in [0.1, 0.15) is 5.82 Å². The average molecular weight is 490 g/mol. The highest BCUT2D eigenvalue weighted by molar-refractivity contribution is 6.06. The Kier molecular flexibility index (Phi) is 6.87. The first-order valence-corrected chi connectivity index (χ1v) is 11.5. The zero-order valence-corrected chi connectivity index (χ0v) is 19.1. The molecule has 1 atom stereocenters. The van der Waals surface area contributed by atoms with Crippen LogP contribution in [0.25, 0.3) is 10.9 Å². The number of hydrogen-bond donors (Lipinski definition) is 2. The number of aliphatic carboxylic acids is 1. The fraction of sp³-hybridized carbons (Fsp3) is 0.385. The molecule has 35 heavy (non-hydrogen) atoms. The molecule has 9 heteroatoms. The highest BCUT2D eigenvalue weighted by atomic mass is 19.4. The van der Waals surface area contributed by atoms with Crippen LogP contribution in [0.4, 0.5) is 17.6 Å². The quantitative estimate of drug-likeness (QED) is 0.389. The van der Waals surface area contributed by atoms with E-state index in [9.17, 15) is 32.3 Å². The van der Waals surface area contributed by atoms with E-state index in [2.05, 4.69) is 5.32 Å². The van der Waals surface area contributed by atoms with E-state index >= 15 is 0 Å². The van der Waals surface area contributed by atoms with E-state index in [1.54, 1.807) is 16.8 Å². The van der Waals surface area contributed by atoms with Crippen molar-refractivity contribution in [3.05, 3.63) is 71.2 Å². The molecule has 5 nitrogen and oxygen atoms in total. The molecule has 1 heterocycles. The lowest BCUT2D eigenvalue weighted by molar-refractivity contribution is -0.143. The summed E-state index contributed by atoms with van der Waals surface area (Å²) in [5.41, 5.74) is 0.475. The van der Waals surface area contributed by atoms with Crippen molar-refractivity contribution in [2.45, 2.75) is 51.4 Å². The minimum atomic E-state index is -4.43. The molecule has 0 aliphatic heterocycles. The second-order valence-electron chi connectivity index (χ2n) is 9.18. The number of hydrogen-bond acceptors (Lipinski definition) is 2. The Bertz CT molecular complexity index is 1230. The molecular weight excluding hydrogens is 464 g/mol. The Hall–Kier alpha value is -3.36. The van der Waals surface area contributed by atoms with E-state index in [0.717, 1.165) is 12.1 Å². The van der Waals surface area contributed by atoms with Crippen LogP contribution in [-0.4, -0.2) is 27.6 Å². The number of fused-ring (bicyclic) bond motifs is 1. The topological polar surface area (TPSA) is 71.3 Å². The van der Waals surface area contributed by atoms with Crippen molar-refractivity contribution in [2.24, 2.45) is 11.8 Å². The van der Waals surface area contributed by atoms with Crippen LogP contribution in [0.2, 0.25) is 0 Å². The normalized spacial score (nSPS) is 18.8. The first-order valence-electron chi connectivity index (χ1n) is 11.5. The Balaban J connectivity index is 1.49. The third-order valence-electron chi connectivity index (χ3n) is 6.78. The number of nitrogens with zero attached hydrogens (tertiary/aromatic N) is 1. The minimum absolute atomic E-state index is 0.0859. The van der Waals surface area contributed by atoms with Crippen molar-refractivity contribution >= 4 is 22.8 Å². The molecule has 1 unspecified atom stereocenters. The second-order valence-corrected chi connectivity index (χ2v) is 9.18. The number of carboxylic acid groups (broad SMARTS) is 1. The summed E-state index contributed by atoms with van der Waals surface area (Å²) in [5, 5.41) is 12.4. The van der Waals surface area contributed by atoms with Crippen LogP contribution in [0, 0.1) is 17.7 Å². The number of amides is 1. The monoisotopic (exact) mass is 490 g/mol. The van der Waals surface area contributed by atoms with E-state index < -0.39 is 23.5 Å². The van der Waals surface area contributed by atoms with Gasteiger partial charge in [0.25, 0.3) is 5.91 Å². The Labute approximate surface area is 199 Å². The lowest BCUT2D eigenvalue weighted by Gasteiger charge is -2.37. The Morgan fingerprint density at radius 1 is 1.11 bits per heavy atom. The molecule has 2 aromatic carbocycles. The zero-order valence-electron chi connectivity index (χ0n) is 19.1. The van der Waals surface area contributed by atoms with E-state index in [0.29, 0.717) is 36.8 Å². The van der Waals surface area contributed by atoms with E-state index in [1.807, 2.05) is 6.92 Å². The van der Waals surface area contributed by atoms with Crippen molar-refractivity contribution in [3.8, 4) is 0 Å². The smallest absolute Gasteiger partial charge is 0.416 e. The number of rotatable bonds is 8. The maximum Gasteiger partial charge on any atom is 0.416 e. The molecule has 186 valence electrons. The highest BCUT2D eigenvalue weighted by Crippen LogP contribution is 2.35. The number of carbonyl (C=O) groups is 2. The summed E-state index contributed by atoms with van der Waals surface area (Å²) in [6, 6.07) is 8.81. The van der Waals surface area contributed by atoms with Crippen molar-refractivity contribution in [1.29, 1.82) is 0 Å². The Morgan fingerprint density at radius 3 is 2.40 bits per heavy atom. The molecule has 0 radical (unpaired) electrons. The van der Waals surface area contributed by atoms with Crippen molar-refractivity contribution < 1.29 is 32.3 Å². The van der Waals surface area contributed by atoms with Gasteiger partial charge in [0.2, 0.25) is 0 Å². The largest absolute Gasteiger partial charge is 0.481 e. The zero-order chi connectivity index (χ0) is 25.3. The van der Waals surface area contributed by atoms with Crippen LogP contribution >= 0.6 is 0 Å². The van der Waals surface area contributed by atoms with Gasteiger partial charge in [-0.2, -0.15) is 13.2 Å². The van der Waals surface area contributed by atoms with Gasteiger partial charge in [0.05, 0.1) is 22.6 Å². The van der Waals surface area contributed by atoms with Crippen molar-refractivity contribution in [3.63, 3.8) is 0 Å². The molecule has 0 bridgehead atoms. The SMILES string of the molecule is CCC(CC1CC(NC(=O)c2ccc(F)c3ccn(Cc4ccc(C(F)(F)F)cc4)c23)C1)C(=O)O. The molecule has 0 spiro atoms.